The molecule has 0 aliphatic rings. The van der Waals surface area contributed by atoms with Crippen LogP contribution >= 0.6 is 0 Å². The molecular weight excluding hydrogens is 228 g/mol. The summed E-state index contributed by atoms with van der Waals surface area (Å²) in [5.74, 6) is -1.16. The number of aryl methyl sites for hydroxylation is 1. The lowest BCUT2D eigenvalue weighted by atomic mass is 10.2. The van der Waals surface area contributed by atoms with Crippen molar-refractivity contribution < 1.29 is 13.2 Å². The molecule has 1 aromatic carbocycles. The molecule has 1 aromatic rings. The lowest BCUT2D eigenvalue weighted by Gasteiger charge is -2.07. The normalized spacial score (nSPS) is 12.8. The lowest BCUT2D eigenvalue weighted by Crippen LogP contribution is -2.34. The highest BCUT2D eigenvalue weighted by Gasteiger charge is 2.32. The van der Waals surface area contributed by atoms with Crippen LogP contribution in [0, 0.1) is 18.3 Å². The van der Waals surface area contributed by atoms with Gasteiger partial charge in [-0.1, -0.05) is 17.7 Å². The molecule has 1 amide bonds. The highest BCUT2D eigenvalue weighted by Crippen LogP contribution is 2.16. The van der Waals surface area contributed by atoms with Crippen molar-refractivity contribution in [2.75, 3.05) is 0 Å². The van der Waals surface area contributed by atoms with E-state index in [-0.39, 0.29) is 4.90 Å². The van der Waals surface area contributed by atoms with Gasteiger partial charge < -0.3 is 5.73 Å². The van der Waals surface area contributed by atoms with Gasteiger partial charge in [0, 0.05) is 0 Å². The van der Waals surface area contributed by atoms with Gasteiger partial charge in [0.25, 0.3) is 5.91 Å². The van der Waals surface area contributed by atoms with E-state index in [9.17, 15) is 13.2 Å². The Morgan fingerprint density at radius 1 is 1.38 bits per heavy atom. The van der Waals surface area contributed by atoms with Gasteiger partial charge in [0.1, 0.15) is 0 Å². The number of nitrogens with two attached hydrogens (primary N) is 1. The molecular formula is C10H10N2O3S. The van der Waals surface area contributed by atoms with E-state index in [0.717, 1.165) is 5.56 Å². The Labute approximate surface area is 93.4 Å². The van der Waals surface area contributed by atoms with Gasteiger partial charge in [-0.2, -0.15) is 5.26 Å². The molecule has 0 saturated carbocycles. The molecule has 6 heteroatoms. The van der Waals surface area contributed by atoms with Crippen LogP contribution in [0.5, 0.6) is 0 Å². The average Bonchev–Trinajstić information content (AvgIpc) is 2.18. The van der Waals surface area contributed by atoms with Crippen molar-refractivity contribution in [2.24, 2.45) is 5.73 Å². The van der Waals surface area contributed by atoms with Crippen LogP contribution in [0.15, 0.2) is 29.2 Å². The second-order valence-corrected chi connectivity index (χ2v) is 5.30. The van der Waals surface area contributed by atoms with Crippen LogP contribution in [0.25, 0.3) is 0 Å². The lowest BCUT2D eigenvalue weighted by molar-refractivity contribution is -0.116. The van der Waals surface area contributed by atoms with Crippen molar-refractivity contribution in [1.82, 2.24) is 0 Å². The molecule has 5 nitrogen and oxygen atoms in total. The van der Waals surface area contributed by atoms with Gasteiger partial charge in [0.2, 0.25) is 15.1 Å². The first-order valence-electron chi connectivity index (χ1n) is 4.39. The Morgan fingerprint density at radius 3 is 2.25 bits per heavy atom. The number of carbonyl (C=O) groups is 1. The molecule has 0 bridgehead atoms. The number of sulfone groups is 1. The molecule has 0 saturated heterocycles. The third-order valence-electron chi connectivity index (χ3n) is 2.04. The Morgan fingerprint density at radius 2 is 1.88 bits per heavy atom. The van der Waals surface area contributed by atoms with Gasteiger partial charge >= 0.3 is 0 Å². The summed E-state index contributed by atoms with van der Waals surface area (Å²) < 4.78 is 23.6. The van der Waals surface area contributed by atoms with Gasteiger partial charge in [0.05, 0.1) is 11.0 Å². The number of hydrogen-bond acceptors (Lipinski definition) is 4. The summed E-state index contributed by atoms with van der Waals surface area (Å²) in [4.78, 5) is 10.8. The van der Waals surface area contributed by atoms with E-state index in [0.29, 0.717) is 0 Å². The van der Waals surface area contributed by atoms with Crippen molar-refractivity contribution in [3.05, 3.63) is 29.8 Å². The molecule has 16 heavy (non-hydrogen) atoms. The molecule has 1 atom stereocenters. The molecule has 0 aliphatic carbocycles. The summed E-state index contributed by atoms with van der Waals surface area (Å²) in [6.45, 7) is 1.80. The number of rotatable bonds is 3. The third-order valence-corrected chi connectivity index (χ3v) is 3.92. The van der Waals surface area contributed by atoms with Crippen molar-refractivity contribution in [1.29, 1.82) is 5.26 Å². The first-order valence-corrected chi connectivity index (χ1v) is 5.93. The van der Waals surface area contributed by atoms with E-state index in [1.165, 1.54) is 18.2 Å². The molecule has 0 fully saturated rings. The summed E-state index contributed by atoms with van der Waals surface area (Å²) in [6.07, 6.45) is 0. The molecule has 84 valence electrons. The summed E-state index contributed by atoms with van der Waals surface area (Å²) in [5, 5.41) is 6.78. The van der Waals surface area contributed by atoms with Crippen LogP contribution < -0.4 is 5.73 Å². The zero-order valence-electron chi connectivity index (χ0n) is 8.54. The predicted octanol–water partition coefficient (Wildman–Crippen LogP) is 0.146. The van der Waals surface area contributed by atoms with Crippen LogP contribution in [0.3, 0.4) is 0 Å². The second-order valence-electron chi connectivity index (χ2n) is 3.27. The smallest absolute Gasteiger partial charge is 0.250 e. The van der Waals surface area contributed by atoms with Crippen molar-refractivity contribution in [3.8, 4) is 6.07 Å². The summed E-state index contributed by atoms with van der Waals surface area (Å²) in [7, 11) is -4.00. The van der Waals surface area contributed by atoms with E-state index >= 15 is 0 Å². The van der Waals surface area contributed by atoms with Crippen LogP contribution in [0.1, 0.15) is 5.56 Å². The summed E-state index contributed by atoms with van der Waals surface area (Å²) in [6, 6.07) is 7.25. The SMILES string of the molecule is Cc1ccc(S(=O)(=O)C(C#N)C(N)=O)cc1. The Bertz CT molecular complexity index is 540. The first kappa shape index (κ1) is 12.2. The second kappa shape index (κ2) is 4.33. The molecule has 0 radical (unpaired) electrons. The van der Waals surface area contributed by atoms with Gasteiger partial charge in [-0.15, -0.1) is 0 Å². The first-order chi connectivity index (χ1) is 7.39. The van der Waals surface area contributed by atoms with E-state index in [1.807, 2.05) is 0 Å². The van der Waals surface area contributed by atoms with E-state index in [1.54, 1.807) is 19.1 Å². The number of nitrogens with zero attached hydrogens (tertiary/aromatic N) is 1. The Kier molecular flexibility index (Phi) is 3.30. The number of amides is 1. The predicted molar refractivity (Wildman–Crippen MR) is 57.0 cm³/mol. The average molecular weight is 238 g/mol. The molecule has 0 heterocycles. The number of nitriles is 1. The number of benzene rings is 1. The fourth-order valence-corrected chi connectivity index (χ4v) is 2.38. The summed E-state index contributed by atoms with van der Waals surface area (Å²) in [5.41, 5.74) is 5.74. The standard InChI is InChI=1S/C10H10N2O3S/c1-7-2-4-8(5-3-7)16(14,15)9(6-11)10(12)13/h2-5,9H,1H3,(H2,12,13). The fourth-order valence-electron chi connectivity index (χ4n) is 1.15. The zero-order chi connectivity index (χ0) is 12.3. The minimum Gasteiger partial charge on any atom is -0.368 e. The van der Waals surface area contributed by atoms with Crippen molar-refractivity contribution >= 4 is 15.7 Å². The van der Waals surface area contributed by atoms with Gasteiger partial charge in [-0.05, 0) is 19.1 Å². The largest absolute Gasteiger partial charge is 0.368 e. The maximum atomic E-state index is 11.8. The van der Waals surface area contributed by atoms with Crippen molar-refractivity contribution in [3.63, 3.8) is 0 Å². The highest BCUT2D eigenvalue weighted by atomic mass is 32.2. The van der Waals surface area contributed by atoms with E-state index in [4.69, 9.17) is 11.0 Å². The fraction of sp³-hybridized carbons (Fsp3) is 0.200. The molecule has 1 unspecified atom stereocenters. The van der Waals surface area contributed by atoms with Crippen LogP contribution in [0.4, 0.5) is 0 Å². The monoisotopic (exact) mass is 238 g/mol. The van der Waals surface area contributed by atoms with E-state index < -0.39 is 21.0 Å². The van der Waals surface area contributed by atoms with Gasteiger partial charge in [-0.3, -0.25) is 4.79 Å². The van der Waals surface area contributed by atoms with Gasteiger partial charge in [-0.25, -0.2) is 8.42 Å². The minimum absolute atomic E-state index is 0.0801. The quantitative estimate of drug-likeness (QED) is 0.809. The number of hydrogen-bond donors (Lipinski definition) is 1. The number of carbonyl (C=O) groups excluding carboxylic acids is 1. The summed E-state index contributed by atoms with van der Waals surface area (Å²) >= 11 is 0. The Balaban J connectivity index is 3.27. The molecule has 0 spiro atoms. The molecule has 2 N–H and O–H groups in total. The van der Waals surface area contributed by atoms with Crippen LogP contribution in [-0.2, 0) is 14.6 Å². The number of primary amides is 1. The molecule has 0 aromatic heterocycles. The highest BCUT2D eigenvalue weighted by molar-refractivity contribution is 7.93. The maximum absolute atomic E-state index is 11.8. The van der Waals surface area contributed by atoms with Crippen LogP contribution in [0.2, 0.25) is 0 Å². The third kappa shape index (κ3) is 2.20. The Hall–Kier alpha value is -1.87. The molecule has 1 rings (SSSR count). The van der Waals surface area contributed by atoms with Crippen LogP contribution in [-0.4, -0.2) is 19.6 Å². The van der Waals surface area contributed by atoms with Gasteiger partial charge in [0.15, 0.2) is 0 Å². The molecule has 0 aliphatic heterocycles. The van der Waals surface area contributed by atoms with Crippen molar-refractivity contribution in [2.45, 2.75) is 17.1 Å². The van der Waals surface area contributed by atoms with E-state index in [2.05, 4.69) is 0 Å². The topological polar surface area (TPSA) is 101 Å². The zero-order valence-corrected chi connectivity index (χ0v) is 9.36. The maximum Gasteiger partial charge on any atom is 0.250 e. The minimum atomic E-state index is -4.00.